The number of anilines is 2. The highest BCUT2D eigenvalue weighted by atomic mass is 19.4. The van der Waals surface area contributed by atoms with Crippen molar-refractivity contribution in [3.05, 3.63) is 54.0 Å². The fourth-order valence-corrected chi connectivity index (χ4v) is 4.97. The molecule has 0 bridgehead atoms. The first-order valence-electron chi connectivity index (χ1n) is 12.5. The van der Waals surface area contributed by atoms with Gasteiger partial charge in [0.15, 0.2) is 0 Å². The van der Waals surface area contributed by atoms with E-state index in [9.17, 15) is 18.0 Å². The number of alkyl halides is 3. The zero-order chi connectivity index (χ0) is 27.2. The summed E-state index contributed by atoms with van der Waals surface area (Å²) in [6.45, 7) is 6.84. The number of hydrogen-bond acceptors (Lipinski definition) is 8. The number of fused-ring (bicyclic) bond motifs is 1. The van der Waals surface area contributed by atoms with Crippen LogP contribution in [0.3, 0.4) is 0 Å². The minimum atomic E-state index is -4.64. The fraction of sp³-hybridized carbons (Fsp3) is 0.462. The molecular formula is C26H30F3N7O2. The maximum atomic E-state index is 14.1. The van der Waals surface area contributed by atoms with E-state index in [1.54, 1.807) is 30.6 Å². The maximum Gasteiger partial charge on any atom is 0.419 e. The first kappa shape index (κ1) is 26.0. The quantitative estimate of drug-likeness (QED) is 0.531. The molecule has 2 aliphatic heterocycles. The van der Waals surface area contributed by atoms with Crippen LogP contribution in [0.15, 0.2) is 42.7 Å². The van der Waals surface area contributed by atoms with Gasteiger partial charge in [0, 0.05) is 25.0 Å². The first-order chi connectivity index (χ1) is 17.9. The van der Waals surface area contributed by atoms with Crippen molar-refractivity contribution in [2.75, 3.05) is 36.8 Å². The number of nitrogen functional groups attached to an aromatic ring is 1. The standard InChI is InChI=1S/C26H30F3N7O2/c1-25(2,3)38-24(37)36-19(22-16-7-4-5-8-18(16)31-15-32-22)13-35(14-21(36)34-11-6-12-34)23-17(26(27,28)29)9-10-20(30)33-23/h4-5,7-10,15,19,21H,6,11-14H2,1-3H3,(H2,30,33). The van der Waals surface area contributed by atoms with Gasteiger partial charge < -0.3 is 15.4 Å². The van der Waals surface area contributed by atoms with E-state index < -0.39 is 35.6 Å². The summed E-state index contributed by atoms with van der Waals surface area (Å²) in [4.78, 5) is 31.9. The number of benzene rings is 1. The number of hydrogen-bond donors (Lipinski definition) is 1. The second-order valence-corrected chi connectivity index (χ2v) is 10.6. The Balaban J connectivity index is 1.67. The van der Waals surface area contributed by atoms with Crippen LogP contribution in [0.5, 0.6) is 0 Å². The topological polar surface area (TPSA) is 101 Å². The molecule has 2 fully saturated rings. The van der Waals surface area contributed by atoms with E-state index in [4.69, 9.17) is 10.5 Å². The molecule has 202 valence electrons. The SMILES string of the molecule is CC(C)(C)OC(=O)N1C(c2ncnc3ccccc23)CN(c2nc(N)ccc2C(F)(F)F)CC1N1CCC1. The Bertz CT molecular complexity index is 1340. The van der Waals surface area contributed by atoms with E-state index in [0.29, 0.717) is 29.7 Å². The molecule has 0 radical (unpaired) electrons. The number of ether oxygens (including phenoxy) is 1. The predicted molar refractivity (Wildman–Crippen MR) is 136 cm³/mol. The number of nitrogens with zero attached hydrogens (tertiary/aromatic N) is 6. The van der Waals surface area contributed by atoms with Crippen molar-refractivity contribution < 1.29 is 22.7 Å². The molecule has 0 aliphatic carbocycles. The number of aromatic nitrogens is 3. The number of carbonyl (C=O) groups excluding carboxylic acids is 1. The number of amides is 1. The normalized spacial score (nSPS) is 20.9. The molecule has 1 amide bonds. The molecule has 12 heteroatoms. The van der Waals surface area contributed by atoms with E-state index in [-0.39, 0.29) is 24.7 Å². The highest BCUT2D eigenvalue weighted by molar-refractivity contribution is 5.82. The van der Waals surface area contributed by atoms with Gasteiger partial charge in [0.25, 0.3) is 0 Å². The number of carbonyl (C=O) groups is 1. The molecule has 9 nitrogen and oxygen atoms in total. The van der Waals surface area contributed by atoms with Gasteiger partial charge in [-0.1, -0.05) is 18.2 Å². The molecule has 2 N–H and O–H groups in total. The molecule has 2 saturated heterocycles. The molecule has 0 spiro atoms. The van der Waals surface area contributed by atoms with Gasteiger partial charge in [-0.2, -0.15) is 13.2 Å². The highest BCUT2D eigenvalue weighted by Gasteiger charge is 2.47. The van der Waals surface area contributed by atoms with Gasteiger partial charge in [-0.3, -0.25) is 9.80 Å². The lowest BCUT2D eigenvalue weighted by Gasteiger charge is -2.52. The molecule has 38 heavy (non-hydrogen) atoms. The third kappa shape index (κ3) is 5.04. The van der Waals surface area contributed by atoms with Gasteiger partial charge in [0.05, 0.1) is 29.4 Å². The van der Waals surface area contributed by atoms with Gasteiger partial charge in [0.1, 0.15) is 29.7 Å². The van der Waals surface area contributed by atoms with Crippen molar-refractivity contribution in [3.63, 3.8) is 0 Å². The lowest BCUT2D eigenvalue weighted by atomic mass is 10.00. The van der Waals surface area contributed by atoms with Crippen LogP contribution < -0.4 is 10.6 Å². The van der Waals surface area contributed by atoms with Crippen molar-refractivity contribution >= 4 is 28.6 Å². The Morgan fingerprint density at radius 2 is 1.79 bits per heavy atom. The van der Waals surface area contributed by atoms with E-state index in [1.165, 1.54) is 6.33 Å². The van der Waals surface area contributed by atoms with Crippen molar-refractivity contribution in [1.82, 2.24) is 24.8 Å². The van der Waals surface area contributed by atoms with Crippen molar-refractivity contribution in [1.29, 1.82) is 0 Å². The monoisotopic (exact) mass is 529 g/mol. The molecule has 2 aromatic heterocycles. The van der Waals surface area contributed by atoms with E-state index in [2.05, 4.69) is 19.9 Å². The van der Waals surface area contributed by atoms with Crippen molar-refractivity contribution in [3.8, 4) is 0 Å². The summed E-state index contributed by atoms with van der Waals surface area (Å²) in [6, 6.07) is 8.69. The van der Waals surface area contributed by atoms with Crippen LogP contribution in [0.2, 0.25) is 0 Å². The highest BCUT2D eigenvalue weighted by Crippen LogP contribution is 2.41. The van der Waals surface area contributed by atoms with Crippen LogP contribution in [0.25, 0.3) is 10.9 Å². The van der Waals surface area contributed by atoms with Crippen LogP contribution in [-0.2, 0) is 10.9 Å². The largest absolute Gasteiger partial charge is 0.444 e. The van der Waals surface area contributed by atoms with Crippen molar-refractivity contribution in [2.45, 2.75) is 51.2 Å². The average molecular weight is 530 g/mol. The molecule has 5 rings (SSSR count). The van der Waals surface area contributed by atoms with Crippen LogP contribution in [0.4, 0.5) is 29.6 Å². The third-order valence-electron chi connectivity index (χ3n) is 6.74. The molecule has 2 aliphatic rings. The molecular weight excluding hydrogens is 499 g/mol. The average Bonchev–Trinajstić information content (AvgIpc) is 2.80. The number of halogens is 3. The van der Waals surface area contributed by atoms with E-state index in [0.717, 1.165) is 18.6 Å². The Morgan fingerprint density at radius 1 is 1.05 bits per heavy atom. The summed E-state index contributed by atoms with van der Waals surface area (Å²) >= 11 is 0. The van der Waals surface area contributed by atoms with Crippen LogP contribution in [0, 0.1) is 0 Å². The molecule has 3 aromatic rings. The lowest BCUT2D eigenvalue weighted by Crippen LogP contribution is -2.66. The maximum absolute atomic E-state index is 14.1. The minimum Gasteiger partial charge on any atom is -0.444 e. The molecule has 2 unspecified atom stereocenters. The summed E-state index contributed by atoms with van der Waals surface area (Å²) < 4.78 is 48.0. The molecule has 0 saturated carbocycles. The summed E-state index contributed by atoms with van der Waals surface area (Å²) in [6.07, 6.45) is -3.44. The summed E-state index contributed by atoms with van der Waals surface area (Å²) in [5.41, 5.74) is 5.38. The van der Waals surface area contributed by atoms with Gasteiger partial charge in [-0.15, -0.1) is 0 Å². The zero-order valence-corrected chi connectivity index (χ0v) is 21.4. The smallest absolute Gasteiger partial charge is 0.419 e. The fourth-order valence-electron chi connectivity index (χ4n) is 4.97. The lowest BCUT2D eigenvalue weighted by molar-refractivity contribution is -0.137. The minimum absolute atomic E-state index is 0.00409. The Labute approximate surface area is 218 Å². The van der Waals surface area contributed by atoms with Crippen LogP contribution in [0.1, 0.15) is 44.5 Å². The number of pyridine rings is 1. The Kier molecular flexibility index (Phi) is 6.54. The van der Waals surface area contributed by atoms with Crippen LogP contribution in [-0.4, -0.2) is 68.8 Å². The second-order valence-electron chi connectivity index (χ2n) is 10.6. The first-order valence-corrected chi connectivity index (χ1v) is 12.5. The molecule has 4 heterocycles. The summed E-state index contributed by atoms with van der Waals surface area (Å²) in [7, 11) is 0. The Hall–Kier alpha value is -3.67. The number of likely N-dealkylation sites (tertiary alicyclic amines) is 1. The van der Waals surface area contributed by atoms with Gasteiger partial charge in [-0.05, 0) is 45.4 Å². The molecule has 2 atom stereocenters. The van der Waals surface area contributed by atoms with Gasteiger partial charge in [0.2, 0.25) is 0 Å². The zero-order valence-electron chi connectivity index (χ0n) is 21.4. The third-order valence-corrected chi connectivity index (χ3v) is 6.74. The molecule has 1 aromatic carbocycles. The number of rotatable bonds is 3. The van der Waals surface area contributed by atoms with Crippen molar-refractivity contribution in [2.24, 2.45) is 0 Å². The van der Waals surface area contributed by atoms with E-state index >= 15 is 0 Å². The van der Waals surface area contributed by atoms with E-state index in [1.807, 2.05) is 24.3 Å². The summed E-state index contributed by atoms with van der Waals surface area (Å²) in [5.74, 6) is -0.290. The number of piperazine rings is 1. The second kappa shape index (κ2) is 9.57. The number of nitrogens with two attached hydrogens (primary N) is 1. The van der Waals surface area contributed by atoms with Crippen LogP contribution >= 0.6 is 0 Å². The van der Waals surface area contributed by atoms with Gasteiger partial charge in [-0.25, -0.2) is 19.7 Å². The Morgan fingerprint density at radius 3 is 2.45 bits per heavy atom. The number of para-hydroxylation sites is 1. The van der Waals surface area contributed by atoms with Gasteiger partial charge >= 0.3 is 12.3 Å². The predicted octanol–water partition coefficient (Wildman–Crippen LogP) is 4.46. The summed E-state index contributed by atoms with van der Waals surface area (Å²) in [5, 5.41) is 0.703.